The molecule has 28 heavy (non-hydrogen) atoms. The number of rotatable bonds is 6. The van der Waals surface area contributed by atoms with Crippen molar-refractivity contribution in [2.75, 3.05) is 6.54 Å². The summed E-state index contributed by atoms with van der Waals surface area (Å²) in [5, 5.41) is 20.2. The predicted octanol–water partition coefficient (Wildman–Crippen LogP) is 3.63. The number of likely N-dealkylation sites (tertiary alicyclic amines) is 1. The Labute approximate surface area is 166 Å². The minimum Gasteiger partial charge on any atom is -0.507 e. The fourth-order valence-electron chi connectivity index (χ4n) is 3.25. The third-order valence-electron chi connectivity index (χ3n) is 4.56. The number of benzene rings is 2. The first-order chi connectivity index (χ1) is 13.4. The van der Waals surface area contributed by atoms with Gasteiger partial charge in [-0.2, -0.15) is 0 Å². The molecule has 0 radical (unpaired) electrons. The SMILES string of the molecule is O=C(O)CCCN1C(=O)C(=O)/C(=C(\O)c2ccccc2)C1c1ccc(Cl)cc1. The van der Waals surface area contributed by atoms with Gasteiger partial charge in [0.15, 0.2) is 0 Å². The zero-order valence-electron chi connectivity index (χ0n) is 14.8. The van der Waals surface area contributed by atoms with Gasteiger partial charge in [-0.3, -0.25) is 14.4 Å². The molecule has 1 unspecified atom stereocenters. The molecular formula is C21H18ClNO5. The Morgan fingerprint density at radius 3 is 2.25 bits per heavy atom. The lowest BCUT2D eigenvalue weighted by atomic mass is 9.95. The highest BCUT2D eigenvalue weighted by Gasteiger charge is 2.45. The van der Waals surface area contributed by atoms with Crippen LogP contribution in [0.25, 0.3) is 5.76 Å². The molecule has 0 saturated carbocycles. The molecule has 0 aliphatic carbocycles. The lowest BCUT2D eigenvalue weighted by Gasteiger charge is -2.25. The summed E-state index contributed by atoms with van der Waals surface area (Å²) in [5.74, 6) is -2.80. The maximum absolute atomic E-state index is 12.7. The van der Waals surface area contributed by atoms with Gasteiger partial charge in [-0.05, 0) is 24.1 Å². The van der Waals surface area contributed by atoms with Gasteiger partial charge in [-0.15, -0.1) is 0 Å². The standard InChI is InChI=1S/C21H18ClNO5/c22-15-10-8-13(9-11-15)18-17(19(26)14-5-2-1-3-6-14)20(27)21(28)23(18)12-4-7-16(24)25/h1-3,5-6,8-11,18,26H,4,7,12H2,(H,24,25)/b19-17-. The Morgan fingerprint density at radius 2 is 1.64 bits per heavy atom. The van der Waals surface area contributed by atoms with Crippen LogP contribution in [0.2, 0.25) is 5.02 Å². The zero-order chi connectivity index (χ0) is 20.3. The predicted molar refractivity (Wildman–Crippen MR) is 104 cm³/mol. The second-order valence-electron chi connectivity index (χ2n) is 6.41. The molecule has 0 bridgehead atoms. The molecule has 1 amide bonds. The maximum Gasteiger partial charge on any atom is 0.303 e. The number of nitrogens with zero attached hydrogens (tertiary/aromatic N) is 1. The van der Waals surface area contributed by atoms with E-state index in [9.17, 15) is 19.5 Å². The topological polar surface area (TPSA) is 94.9 Å². The number of halogens is 1. The van der Waals surface area contributed by atoms with Crippen molar-refractivity contribution in [3.8, 4) is 0 Å². The molecule has 1 aliphatic rings. The third-order valence-corrected chi connectivity index (χ3v) is 4.81. The van der Waals surface area contributed by atoms with E-state index >= 15 is 0 Å². The van der Waals surface area contributed by atoms with Crippen LogP contribution in [-0.2, 0) is 14.4 Å². The normalized spacial score (nSPS) is 18.5. The van der Waals surface area contributed by atoms with E-state index < -0.39 is 23.7 Å². The number of hydrogen-bond acceptors (Lipinski definition) is 4. The molecule has 2 aromatic rings. The van der Waals surface area contributed by atoms with Crippen LogP contribution in [0.1, 0.15) is 30.0 Å². The molecule has 2 aromatic carbocycles. The molecule has 3 rings (SSSR count). The highest BCUT2D eigenvalue weighted by molar-refractivity contribution is 6.46. The second kappa shape index (κ2) is 8.27. The number of carboxylic acid groups (broad SMARTS) is 1. The van der Waals surface area contributed by atoms with E-state index in [4.69, 9.17) is 16.7 Å². The summed E-state index contributed by atoms with van der Waals surface area (Å²) in [5.41, 5.74) is 1.01. The van der Waals surface area contributed by atoms with E-state index in [0.717, 1.165) is 0 Å². The van der Waals surface area contributed by atoms with Gasteiger partial charge in [0.05, 0.1) is 11.6 Å². The van der Waals surface area contributed by atoms with Crippen molar-refractivity contribution in [1.29, 1.82) is 0 Å². The summed E-state index contributed by atoms with van der Waals surface area (Å²) < 4.78 is 0. The molecule has 1 saturated heterocycles. The molecule has 0 spiro atoms. The highest BCUT2D eigenvalue weighted by Crippen LogP contribution is 2.39. The summed E-state index contributed by atoms with van der Waals surface area (Å²) in [6.45, 7) is 0.0791. The summed E-state index contributed by atoms with van der Waals surface area (Å²) in [6.07, 6.45) is 0.0623. The van der Waals surface area contributed by atoms with Crippen molar-refractivity contribution in [3.63, 3.8) is 0 Å². The van der Waals surface area contributed by atoms with Gasteiger partial charge in [0, 0.05) is 23.6 Å². The number of carboxylic acids is 1. The second-order valence-corrected chi connectivity index (χ2v) is 6.84. The van der Waals surface area contributed by atoms with Crippen molar-refractivity contribution < 1.29 is 24.6 Å². The van der Waals surface area contributed by atoms with E-state index in [2.05, 4.69) is 0 Å². The fraction of sp³-hybridized carbons (Fsp3) is 0.190. The molecule has 0 aromatic heterocycles. The number of hydrogen-bond donors (Lipinski definition) is 2. The van der Waals surface area contributed by atoms with Crippen LogP contribution >= 0.6 is 11.6 Å². The molecular weight excluding hydrogens is 382 g/mol. The van der Waals surface area contributed by atoms with Crippen molar-refractivity contribution in [1.82, 2.24) is 4.90 Å². The van der Waals surface area contributed by atoms with Crippen molar-refractivity contribution in [2.24, 2.45) is 0 Å². The van der Waals surface area contributed by atoms with Gasteiger partial charge < -0.3 is 15.1 Å². The number of carbonyl (C=O) groups is 3. The van der Waals surface area contributed by atoms with Gasteiger partial charge in [-0.25, -0.2) is 0 Å². The quantitative estimate of drug-likeness (QED) is 0.439. The van der Waals surface area contributed by atoms with Crippen LogP contribution in [0.15, 0.2) is 60.2 Å². The first kappa shape index (κ1) is 19.6. The Kier molecular flexibility index (Phi) is 5.80. The van der Waals surface area contributed by atoms with Crippen LogP contribution in [0.3, 0.4) is 0 Å². The van der Waals surface area contributed by atoms with E-state index in [-0.39, 0.29) is 30.7 Å². The number of Topliss-reactive ketones (excluding diaryl/α,β-unsaturated/α-hetero) is 1. The van der Waals surface area contributed by atoms with Crippen molar-refractivity contribution in [2.45, 2.75) is 18.9 Å². The average molecular weight is 400 g/mol. The number of carbonyl (C=O) groups excluding carboxylic acids is 2. The Bertz CT molecular complexity index is 937. The zero-order valence-corrected chi connectivity index (χ0v) is 15.6. The molecule has 1 fully saturated rings. The summed E-state index contributed by atoms with van der Waals surface area (Å²) in [6, 6.07) is 14.3. The smallest absolute Gasteiger partial charge is 0.303 e. The van der Waals surface area contributed by atoms with Crippen LogP contribution in [0, 0.1) is 0 Å². The summed E-state index contributed by atoms with van der Waals surface area (Å²) in [7, 11) is 0. The van der Waals surface area contributed by atoms with Gasteiger partial charge >= 0.3 is 5.97 Å². The monoisotopic (exact) mass is 399 g/mol. The molecule has 1 aliphatic heterocycles. The number of aliphatic hydroxyl groups excluding tert-OH is 1. The van der Waals surface area contributed by atoms with Crippen LogP contribution in [0.4, 0.5) is 0 Å². The molecule has 144 valence electrons. The van der Waals surface area contributed by atoms with E-state index in [0.29, 0.717) is 16.1 Å². The van der Waals surface area contributed by atoms with Crippen molar-refractivity contribution >= 4 is 35.0 Å². The van der Waals surface area contributed by atoms with E-state index in [1.807, 2.05) is 0 Å². The molecule has 6 nitrogen and oxygen atoms in total. The summed E-state index contributed by atoms with van der Waals surface area (Å²) >= 11 is 5.95. The van der Waals surface area contributed by atoms with Gasteiger partial charge in [-0.1, -0.05) is 54.1 Å². The average Bonchev–Trinajstić information content (AvgIpc) is 2.93. The van der Waals surface area contributed by atoms with Crippen LogP contribution in [-0.4, -0.2) is 39.3 Å². The largest absolute Gasteiger partial charge is 0.507 e. The number of aliphatic hydroxyl groups is 1. The van der Waals surface area contributed by atoms with Crippen LogP contribution in [0.5, 0.6) is 0 Å². The maximum atomic E-state index is 12.7. The van der Waals surface area contributed by atoms with Gasteiger partial charge in [0.1, 0.15) is 5.76 Å². The Balaban J connectivity index is 2.08. The Morgan fingerprint density at radius 1 is 1.00 bits per heavy atom. The lowest BCUT2D eigenvalue weighted by molar-refractivity contribution is -0.140. The molecule has 2 N–H and O–H groups in total. The van der Waals surface area contributed by atoms with Crippen molar-refractivity contribution in [3.05, 3.63) is 76.3 Å². The molecule has 7 heteroatoms. The lowest BCUT2D eigenvalue weighted by Crippen LogP contribution is -2.31. The van der Waals surface area contributed by atoms with Gasteiger partial charge in [0.25, 0.3) is 11.7 Å². The molecule has 1 atom stereocenters. The highest BCUT2D eigenvalue weighted by atomic mass is 35.5. The summed E-state index contributed by atoms with van der Waals surface area (Å²) in [4.78, 5) is 37.5. The Hall–Kier alpha value is -3.12. The first-order valence-electron chi connectivity index (χ1n) is 8.71. The number of aliphatic carboxylic acids is 1. The third kappa shape index (κ3) is 3.92. The van der Waals surface area contributed by atoms with E-state index in [1.54, 1.807) is 54.6 Å². The fourth-order valence-corrected chi connectivity index (χ4v) is 3.38. The molecule has 1 heterocycles. The van der Waals surface area contributed by atoms with Crippen LogP contribution < -0.4 is 0 Å². The number of amides is 1. The van der Waals surface area contributed by atoms with Gasteiger partial charge in [0.2, 0.25) is 0 Å². The minimum atomic E-state index is -0.982. The first-order valence-corrected chi connectivity index (χ1v) is 9.09. The minimum absolute atomic E-state index is 0.0196. The number of ketones is 1. The van der Waals surface area contributed by atoms with E-state index in [1.165, 1.54) is 4.90 Å².